The first kappa shape index (κ1) is 21.8. The summed E-state index contributed by atoms with van der Waals surface area (Å²) in [5.74, 6) is -2.01. The number of amides is 4. The zero-order valence-electron chi connectivity index (χ0n) is 17.1. The Bertz CT molecular complexity index is 991. The average molecular weight is 424 g/mol. The molecule has 162 valence electrons. The number of nitrogens with one attached hydrogen (secondary N) is 3. The summed E-state index contributed by atoms with van der Waals surface area (Å²) >= 11 is 0. The molecule has 0 saturated carbocycles. The SMILES string of the molecule is COC(=O)c1cccc(CCNC(=O)C(=O)Nc2cccc(N3CCCNC3=O)c2)c1. The van der Waals surface area contributed by atoms with Gasteiger partial charge in [-0.25, -0.2) is 9.59 Å². The van der Waals surface area contributed by atoms with Crippen LogP contribution in [0.4, 0.5) is 16.2 Å². The number of carbonyl (C=O) groups excluding carboxylic acids is 4. The molecule has 0 unspecified atom stereocenters. The molecular weight excluding hydrogens is 400 g/mol. The first-order chi connectivity index (χ1) is 15.0. The average Bonchev–Trinajstić information content (AvgIpc) is 2.79. The van der Waals surface area contributed by atoms with Crippen LogP contribution in [0.15, 0.2) is 48.5 Å². The number of nitrogens with zero attached hydrogens (tertiary/aromatic N) is 1. The van der Waals surface area contributed by atoms with Gasteiger partial charge in [-0.3, -0.25) is 14.5 Å². The minimum absolute atomic E-state index is 0.191. The van der Waals surface area contributed by atoms with Crippen LogP contribution in [0.2, 0.25) is 0 Å². The lowest BCUT2D eigenvalue weighted by molar-refractivity contribution is -0.136. The van der Waals surface area contributed by atoms with Crippen molar-refractivity contribution >= 4 is 35.2 Å². The highest BCUT2D eigenvalue weighted by atomic mass is 16.5. The Labute approximate surface area is 179 Å². The zero-order chi connectivity index (χ0) is 22.2. The molecule has 9 heteroatoms. The lowest BCUT2D eigenvalue weighted by atomic mass is 10.1. The largest absolute Gasteiger partial charge is 0.465 e. The molecule has 1 fully saturated rings. The molecule has 0 aromatic heterocycles. The summed E-state index contributed by atoms with van der Waals surface area (Å²) in [4.78, 5) is 49.5. The number of benzene rings is 2. The molecule has 0 spiro atoms. The molecular formula is C22H24N4O5. The van der Waals surface area contributed by atoms with E-state index < -0.39 is 17.8 Å². The van der Waals surface area contributed by atoms with Gasteiger partial charge in [-0.1, -0.05) is 18.2 Å². The van der Waals surface area contributed by atoms with E-state index in [4.69, 9.17) is 0 Å². The van der Waals surface area contributed by atoms with E-state index in [2.05, 4.69) is 20.7 Å². The molecule has 4 amide bonds. The Hall–Kier alpha value is -3.88. The molecule has 0 aliphatic carbocycles. The monoisotopic (exact) mass is 424 g/mol. The maximum absolute atomic E-state index is 12.2. The lowest BCUT2D eigenvalue weighted by Crippen LogP contribution is -2.46. The Morgan fingerprint density at radius 2 is 1.90 bits per heavy atom. The highest BCUT2D eigenvalue weighted by molar-refractivity contribution is 6.39. The Morgan fingerprint density at radius 3 is 2.68 bits per heavy atom. The maximum atomic E-state index is 12.2. The predicted octanol–water partition coefficient (Wildman–Crippen LogP) is 1.69. The maximum Gasteiger partial charge on any atom is 0.337 e. The van der Waals surface area contributed by atoms with Gasteiger partial charge in [-0.05, 0) is 48.7 Å². The van der Waals surface area contributed by atoms with Gasteiger partial charge in [0.1, 0.15) is 0 Å². The zero-order valence-corrected chi connectivity index (χ0v) is 17.1. The van der Waals surface area contributed by atoms with E-state index in [0.717, 1.165) is 12.0 Å². The smallest absolute Gasteiger partial charge is 0.337 e. The van der Waals surface area contributed by atoms with E-state index in [1.54, 1.807) is 47.4 Å². The number of methoxy groups -OCH3 is 1. The van der Waals surface area contributed by atoms with Crippen molar-refractivity contribution in [3.63, 3.8) is 0 Å². The first-order valence-electron chi connectivity index (χ1n) is 9.90. The number of ether oxygens (including phenoxy) is 1. The number of rotatable bonds is 6. The molecule has 2 aromatic carbocycles. The van der Waals surface area contributed by atoms with Crippen molar-refractivity contribution in [1.29, 1.82) is 0 Å². The molecule has 0 bridgehead atoms. The van der Waals surface area contributed by atoms with Crippen LogP contribution >= 0.6 is 0 Å². The van der Waals surface area contributed by atoms with Crippen molar-refractivity contribution in [3.05, 3.63) is 59.7 Å². The van der Waals surface area contributed by atoms with Gasteiger partial charge in [0, 0.05) is 31.0 Å². The van der Waals surface area contributed by atoms with Crippen molar-refractivity contribution in [3.8, 4) is 0 Å². The fourth-order valence-corrected chi connectivity index (χ4v) is 3.19. The molecule has 1 aliphatic rings. The Kier molecular flexibility index (Phi) is 7.21. The molecule has 1 aliphatic heterocycles. The summed E-state index contributed by atoms with van der Waals surface area (Å²) in [6, 6.07) is 13.4. The quantitative estimate of drug-likeness (QED) is 0.482. The Balaban J connectivity index is 1.52. The van der Waals surface area contributed by atoms with E-state index in [9.17, 15) is 19.2 Å². The number of carbonyl (C=O) groups is 4. The van der Waals surface area contributed by atoms with Crippen LogP contribution in [0, 0.1) is 0 Å². The Morgan fingerprint density at radius 1 is 1.10 bits per heavy atom. The molecule has 0 atom stereocenters. The minimum Gasteiger partial charge on any atom is -0.465 e. The third-order valence-corrected chi connectivity index (χ3v) is 4.75. The second kappa shape index (κ2) is 10.2. The van der Waals surface area contributed by atoms with Crippen molar-refractivity contribution in [1.82, 2.24) is 10.6 Å². The van der Waals surface area contributed by atoms with Gasteiger partial charge in [-0.15, -0.1) is 0 Å². The summed E-state index contributed by atoms with van der Waals surface area (Å²) in [6.45, 7) is 1.45. The molecule has 0 radical (unpaired) electrons. The first-order valence-corrected chi connectivity index (χ1v) is 9.90. The van der Waals surface area contributed by atoms with Crippen molar-refractivity contribution in [2.45, 2.75) is 12.8 Å². The van der Waals surface area contributed by atoms with Gasteiger partial charge in [0.05, 0.1) is 12.7 Å². The number of esters is 1. The number of urea groups is 1. The molecule has 2 aromatic rings. The molecule has 31 heavy (non-hydrogen) atoms. The van der Waals surface area contributed by atoms with Crippen LogP contribution < -0.4 is 20.9 Å². The molecule has 9 nitrogen and oxygen atoms in total. The number of hydrogen-bond acceptors (Lipinski definition) is 5. The third kappa shape index (κ3) is 5.81. The van der Waals surface area contributed by atoms with E-state index in [1.807, 2.05) is 6.07 Å². The highest BCUT2D eigenvalue weighted by Gasteiger charge is 2.20. The molecule has 3 N–H and O–H groups in total. The van der Waals surface area contributed by atoms with E-state index >= 15 is 0 Å². The number of hydrogen-bond donors (Lipinski definition) is 3. The summed E-state index contributed by atoms with van der Waals surface area (Å²) in [5, 5.41) is 7.87. The van der Waals surface area contributed by atoms with E-state index in [-0.39, 0.29) is 12.6 Å². The minimum atomic E-state index is -0.802. The number of anilines is 2. The highest BCUT2D eigenvalue weighted by Crippen LogP contribution is 2.21. The predicted molar refractivity (Wildman–Crippen MR) is 115 cm³/mol. The van der Waals surface area contributed by atoms with Crippen molar-refractivity contribution in [2.24, 2.45) is 0 Å². The van der Waals surface area contributed by atoms with E-state index in [0.29, 0.717) is 36.4 Å². The summed E-state index contributed by atoms with van der Waals surface area (Å²) < 4.78 is 4.69. The van der Waals surface area contributed by atoms with Crippen LogP contribution in [0.3, 0.4) is 0 Å². The molecule has 1 saturated heterocycles. The summed E-state index contributed by atoms with van der Waals surface area (Å²) in [6.07, 6.45) is 1.27. The fraction of sp³-hybridized carbons (Fsp3) is 0.273. The second-order valence-electron chi connectivity index (χ2n) is 6.94. The van der Waals surface area contributed by atoms with Gasteiger partial charge in [-0.2, -0.15) is 0 Å². The second-order valence-corrected chi connectivity index (χ2v) is 6.94. The molecule has 3 rings (SSSR count). The topological polar surface area (TPSA) is 117 Å². The van der Waals surface area contributed by atoms with Gasteiger partial charge < -0.3 is 20.7 Å². The van der Waals surface area contributed by atoms with Crippen molar-refractivity contribution < 1.29 is 23.9 Å². The van der Waals surface area contributed by atoms with Gasteiger partial charge in [0.25, 0.3) is 0 Å². The summed E-state index contributed by atoms with van der Waals surface area (Å²) in [5.41, 5.74) is 2.31. The summed E-state index contributed by atoms with van der Waals surface area (Å²) in [7, 11) is 1.31. The van der Waals surface area contributed by atoms with Crippen LogP contribution in [0.1, 0.15) is 22.3 Å². The third-order valence-electron chi connectivity index (χ3n) is 4.75. The van der Waals surface area contributed by atoms with Crippen molar-refractivity contribution in [2.75, 3.05) is 37.0 Å². The molecule has 1 heterocycles. The van der Waals surface area contributed by atoms with Crippen LogP contribution in [0.5, 0.6) is 0 Å². The van der Waals surface area contributed by atoms with Gasteiger partial charge in [0.15, 0.2) is 0 Å². The normalized spacial score (nSPS) is 13.2. The fourth-order valence-electron chi connectivity index (χ4n) is 3.19. The van der Waals surface area contributed by atoms with E-state index in [1.165, 1.54) is 7.11 Å². The lowest BCUT2D eigenvalue weighted by Gasteiger charge is -2.27. The van der Waals surface area contributed by atoms with Gasteiger partial charge in [0.2, 0.25) is 0 Å². The van der Waals surface area contributed by atoms with Crippen LogP contribution in [-0.4, -0.2) is 50.6 Å². The van der Waals surface area contributed by atoms with Gasteiger partial charge >= 0.3 is 23.8 Å². The standard InChI is InChI=1S/C22H24N4O5/c1-31-21(29)16-6-2-5-15(13-16)9-11-23-19(27)20(28)25-17-7-3-8-18(14-17)26-12-4-10-24-22(26)30/h2-3,5-8,13-14H,4,9-12H2,1H3,(H,23,27)(H,24,30)(H,25,28). The van der Waals surface area contributed by atoms with Crippen LogP contribution in [0.25, 0.3) is 0 Å². The van der Waals surface area contributed by atoms with Crippen LogP contribution in [-0.2, 0) is 20.7 Å².